The van der Waals surface area contributed by atoms with Crippen LogP contribution in [0, 0.1) is 0 Å². The molecule has 8 nitrogen and oxygen atoms in total. The Hall–Kier alpha value is -2.01. The van der Waals surface area contributed by atoms with E-state index in [2.05, 4.69) is 32.3 Å². The number of amides is 3. The molecule has 1 unspecified atom stereocenters. The molecule has 10 heteroatoms. The van der Waals surface area contributed by atoms with E-state index in [1.807, 2.05) is 30.4 Å². The topological polar surface area (TPSA) is 60.9 Å². The summed E-state index contributed by atoms with van der Waals surface area (Å²) in [4.78, 5) is 43.3. The summed E-state index contributed by atoms with van der Waals surface area (Å²) >= 11 is 0. The second kappa shape index (κ2) is 18.4. The number of likely N-dealkylation sites (N-methyl/N-ethyl adjacent to an activating group) is 4. The SMILES string of the molecule is C=CC[N+](C)(CCN(C)C(=O)CN(C)C(=O)CN(C)C(=O)C[N+]1(CC=C)CCCCC1)Cc1ccccc1.[Br-].[Br-]. The average Bonchev–Trinajstić information content (AvgIpc) is 2.88. The van der Waals surface area contributed by atoms with Gasteiger partial charge in [0.15, 0.2) is 6.54 Å². The number of nitrogens with zero attached hydrogens (tertiary/aromatic N) is 5. The molecule has 0 aliphatic carbocycles. The zero-order valence-electron chi connectivity index (χ0n) is 24.9. The van der Waals surface area contributed by atoms with Gasteiger partial charge in [-0.1, -0.05) is 43.5 Å². The lowest BCUT2D eigenvalue weighted by Gasteiger charge is -2.41. The molecule has 3 amide bonds. The fourth-order valence-corrected chi connectivity index (χ4v) is 5.18. The van der Waals surface area contributed by atoms with Gasteiger partial charge in [0.05, 0.1) is 59.4 Å². The van der Waals surface area contributed by atoms with Crippen molar-refractivity contribution in [2.45, 2.75) is 25.8 Å². The second-order valence-corrected chi connectivity index (χ2v) is 11.3. The minimum Gasteiger partial charge on any atom is -1.00 e. The number of likely N-dealkylation sites (tertiary alicyclic amines) is 1. The maximum Gasteiger partial charge on any atom is 0.278 e. The summed E-state index contributed by atoms with van der Waals surface area (Å²) in [7, 11) is 7.23. The summed E-state index contributed by atoms with van der Waals surface area (Å²) in [6, 6.07) is 10.3. The van der Waals surface area contributed by atoms with Crippen LogP contribution in [0.25, 0.3) is 0 Å². The molecule has 1 atom stereocenters. The van der Waals surface area contributed by atoms with Crippen molar-refractivity contribution >= 4 is 17.7 Å². The Morgan fingerprint density at radius 1 is 0.850 bits per heavy atom. The van der Waals surface area contributed by atoms with Gasteiger partial charge < -0.3 is 57.6 Å². The summed E-state index contributed by atoms with van der Waals surface area (Å²) in [6.07, 6.45) is 7.23. The summed E-state index contributed by atoms with van der Waals surface area (Å²) in [5.74, 6) is -0.409. The Morgan fingerprint density at radius 2 is 1.40 bits per heavy atom. The van der Waals surface area contributed by atoms with Crippen LogP contribution in [0.4, 0.5) is 0 Å². The van der Waals surface area contributed by atoms with Gasteiger partial charge in [-0.2, -0.15) is 0 Å². The molecule has 226 valence electrons. The van der Waals surface area contributed by atoms with Crippen molar-refractivity contribution in [1.29, 1.82) is 0 Å². The minimum absolute atomic E-state index is 0. The fourth-order valence-electron chi connectivity index (χ4n) is 5.18. The number of carbonyl (C=O) groups excluding carboxylic acids is 3. The first-order valence-electron chi connectivity index (χ1n) is 13.7. The smallest absolute Gasteiger partial charge is 0.278 e. The van der Waals surface area contributed by atoms with Gasteiger partial charge in [0, 0.05) is 26.7 Å². The van der Waals surface area contributed by atoms with E-state index in [9.17, 15) is 14.4 Å². The number of benzene rings is 1. The Bertz CT molecular complexity index is 956. The molecule has 0 bridgehead atoms. The highest BCUT2D eigenvalue weighted by Gasteiger charge is 2.33. The third-order valence-corrected chi connectivity index (χ3v) is 7.73. The van der Waals surface area contributed by atoms with Gasteiger partial charge in [0.2, 0.25) is 11.8 Å². The number of rotatable bonds is 15. The van der Waals surface area contributed by atoms with Gasteiger partial charge in [0.25, 0.3) is 5.91 Å². The van der Waals surface area contributed by atoms with Gasteiger partial charge in [-0.05, 0) is 31.4 Å². The van der Waals surface area contributed by atoms with Gasteiger partial charge in [-0.3, -0.25) is 14.4 Å². The Labute approximate surface area is 263 Å². The number of quaternary nitrogens is 2. The third kappa shape index (κ3) is 12.2. The Morgan fingerprint density at radius 3 is 1.95 bits per heavy atom. The van der Waals surface area contributed by atoms with Gasteiger partial charge in [-0.25, -0.2) is 0 Å². The fraction of sp³-hybridized carbons (Fsp3) is 0.567. The quantitative estimate of drug-likeness (QED) is 0.142. The zero-order valence-corrected chi connectivity index (χ0v) is 28.0. The standard InChI is InChI=1S/C30H49N5O3.2BrH/c1-7-18-34(6,25-27-15-11-9-12-16-27)22-17-31(3)28(36)23-32(4)29(37)24-33(5)30(38)26-35(19-8-2)20-13-10-14-21-35;;/h7-9,11-12,15-16H,1-2,10,13-14,17-26H2,3-6H3;2*1H/q+2;;/p-2. The summed E-state index contributed by atoms with van der Waals surface area (Å²) in [6.45, 7) is 13.8. The first-order valence-corrected chi connectivity index (χ1v) is 13.7. The van der Waals surface area contributed by atoms with Crippen molar-refractivity contribution < 1.29 is 57.3 Å². The Balaban J connectivity index is 0.00000760. The normalized spacial score (nSPS) is 15.3. The maximum atomic E-state index is 13.0. The Kier molecular flexibility index (Phi) is 17.5. The molecule has 0 aromatic heterocycles. The molecule has 1 aromatic carbocycles. The molecule has 1 fully saturated rings. The van der Waals surface area contributed by atoms with Crippen LogP contribution in [0.3, 0.4) is 0 Å². The summed E-state index contributed by atoms with van der Waals surface area (Å²) in [5, 5.41) is 0. The predicted octanol–water partition coefficient (Wildman–Crippen LogP) is -3.61. The van der Waals surface area contributed by atoms with Gasteiger partial charge in [0.1, 0.15) is 6.54 Å². The van der Waals surface area contributed by atoms with E-state index >= 15 is 0 Å². The monoisotopic (exact) mass is 685 g/mol. The molecule has 0 spiro atoms. The first kappa shape index (κ1) is 38.0. The number of carbonyl (C=O) groups is 3. The largest absolute Gasteiger partial charge is 1.00 e. The van der Waals surface area contributed by atoms with Crippen LogP contribution in [-0.2, 0) is 20.9 Å². The molecule has 0 N–H and O–H groups in total. The third-order valence-electron chi connectivity index (χ3n) is 7.73. The number of piperidine rings is 1. The molecule has 40 heavy (non-hydrogen) atoms. The molecule has 0 radical (unpaired) electrons. The van der Waals surface area contributed by atoms with E-state index < -0.39 is 0 Å². The van der Waals surface area contributed by atoms with E-state index in [-0.39, 0.29) is 64.8 Å². The van der Waals surface area contributed by atoms with Crippen molar-refractivity contribution in [3.63, 3.8) is 0 Å². The molecule has 1 aliphatic rings. The van der Waals surface area contributed by atoms with Crippen molar-refractivity contribution in [2.24, 2.45) is 0 Å². The molecule has 1 aliphatic heterocycles. The molecule has 1 heterocycles. The number of hydrogen-bond donors (Lipinski definition) is 0. The van der Waals surface area contributed by atoms with Crippen molar-refractivity contribution in [3.05, 3.63) is 61.2 Å². The van der Waals surface area contributed by atoms with Crippen LogP contribution in [-0.4, -0.2) is 128 Å². The van der Waals surface area contributed by atoms with E-state index in [4.69, 9.17) is 0 Å². The highest BCUT2D eigenvalue weighted by Crippen LogP contribution is 2.19. The van der Waals surface area contributed by atoms with Crippen LogP contribution < -0.4 is 34.0 Å². The molecular weight excluding hydrogens is 638 g/mol. The van der Waals surface area contributed by atoms with Crippen LogP contribution in [0.2, 0.25) is 0 Å². The highest BCUT2D eigenvalue weighted by molar-refractivity contribution is 5.88. The second-order valence-electron chi connectivity index (χ2n) is 11.3. The van der Waals surface area contributed by atoms with Crippen LogP contribution in [0.1, 0.15) is 24.8 Å². The first-order chi connectivity index (χ1) is 18.0. The predicted molar refractivity (Wildman–Crippen MR) is 153 cm³/mol. The molecule has 1 saturated heterocycles. The van der Waals surface area contributed by atoms with Crippen molar-refractivity contribution in [1.82, 2.24) is 14.7 Å². The van der Waals surface area contributed by atoms with Crippen molar-refractivity contribution in [3.8, 4) is 0 Å². The molecule has 1 aromatic rings. The van der Waals surface area contributed by atoms with Crippen molar-refractivity contribution in [2.75, 3.05) is 87.1 Å². The molecule has 2 rings (SSSR count). The van der Waals surface area contributed by atoms with Crippen LogP contribution >= 0.6 is 0 Å². The lowest BCUT2D eigenvalue weighted by Crippen LogP contribution is -3.00. The van der Waals surface area contributed by atoms with E-state index in [0.29, 0.717) is 17.6 Å². The lowest BCUT2D eigenvalue weighted by atomic mass is 10.1. The van der Waals surface area contributed by atoms with E-state index in [1.165, 1.54) is 21.8 Å². The maximum absolute atomic E-state index is 13.0. The van der Waals surface area contributed by atoms with E-state index in [1.54, 1.807) is 26.0 Å². The van der Waals surface area contributed by atoms with Gasteiger partial charge >= 0.3 is 0 Å². The number of halogens is 2. The lowest BCUT2D eigenvalue weighted by molar-refractivity contribution is -0.920. The van der Waals surface area contributed by atoms with E-state index in [0.717, 1.165) is 56.6 Å². The van der Waals surface area contributed by atoms with Gasteiger partial charge in [-0.15, -0.1) is 0 Å². The zero-order chi connectivity index (χ0) is 28.2. The number of hydrogen-bond acceptors (Lipinski definition) is 3. The van der Waals surface area contributed by atoms with Crippen LogP contribution in [0.15, 0.2) is 55.6 Å². The highest BCUT2D eigenvalue weighted by atomic mass is 79.9. The molecule has 0 saturated carbocycles. The minimum atomic E-state index is -0.243. The summed E-state index contributed by atoms with van der Waals surface area (Å²) < 4.78 is 1.45. The van der Waals surface area contributed by atoms with Crippen LogP contribution in [0.5, 0.6) is 0 Å². The molecular formula is C30H49Br2N5O3. The summed E-state index contributed by atoms with van der Waals surface area (Å²) in [5.41, 5.74) is 1.24. The average molecular weight is 688 g/mol.